The van der Waals surface area contributed by atoms with Crippen LogP contribution in [0.1, 0.15) is 64.5 Å². The van der Waals surface area contributed by atoms with Crippen molar-refractivity contribution >= 4 is 0 Å². The fraction of sp³-hybridized carbons (Fsp3) is 0.667. The number of benzene rings is 1. The molecule has 0 radical (unpaired) electrons. The van der Waals surface area contributed by atoms with Crippen LogP contribution in [-0.4, -0.2) is 0 Å². The first-order valence-electron chi connectivity index (χ1n) is 7.73. The topological polar surface area (TPSA) is 26.0 Å². The van der Waals surface area contributed by atoms with Gasteiger partial charge in [-0.05, 0) is 48.1 Å². The van der Waals surface area contributed by atoms with Crippen molar-refractivity contribution in [3.8, 4) is 0 Å². The molecule has 0 bridgehead atoms. The molecule has 1 aromatic carbocycles. The van der Waals surface area contributed by atoms with Crippen LogP contribution in [0.25, 0.3) is 0 Å². The van der Waals surface area contributed by atoms with Crippen molar-refractivity contribution in [3.63, 3.8) is 0 Å². The van der Waals surface area contributed by atoms with Gasteiger partial charge in [0.25, 0.3) is 0 Å². The number of aryl methyl sites for hydroxylation is 1. The van der Waals surface area contributed by atoms with Crippen molar-refractivity contribution in [2.75, 3.05) is 0 Å². The molecular formula is C18H29N. The van der Waals surface area contributed by atoms with Crippen LogP contribution in [-0.2, 0) is 12.0 Å². The van der Waals surface area contributed by atoms with Crippen molar-refractivity contribution in [1.29, 1.82) is 0 Å². The summed E-state index contributed by atoms with van der Waals surface area (Å²) in [6.45, 7) is 9.30. The number of nitrogens with two attached hydrogens (primary N) is 1. The second kappa shape index (κ2) is 5.28. The van der Waals surface area contributed by atoms with E-state index < -0.39 is 0 Å². The van der Waals surface area contributed by atoms with Crippen LogP contribution in [0.4, 0.5) is 0 Å². The Morgan fingerprint density at radius 1 is 1.26 bits per heavy atom. The van der Waals surface area contributed by atoms with Crippen molar-refractivity contribution in [1.82, 2.24) is 0 Å². The summed E-state index contributed by atoms with van der Waals surface area (Å²) in [5.41, 5.74) is 9.81. The van der Waals surface area contributed by atoms with E-state index in [1.807, 2.05) is 0 Å². The predicted octanol–water partition coefficient (Wildman–Crippen LogP) is 4.64. The minimum Gasteiger partial charge on any atom is -0.321 e. The first-order chi connectivity index (χ1) is 8.85. The van der Waals surface area contributed by atoms with Gasteiger partial charge >= 0.3 is 0 Å². The largest absolute Gasteiger partial charge is 0.321 e. The van der Waals surface area contributed by atoms with E-state index in [4.69, 9.17) is 5.73 Å². The van der Waals surface area contributed by atoms with E-state index in [1.165, 1.54) is 24.0 Å². The lowest BCUT2D eigenvalue weighted by molar-refractivity contribution is 0.107. The van der Waals surface area contributed by atoms with E-state index >= 15 is 0 Å². The molecule has 2 atom stereocenters. The van der Waals surface area contributed by atoms with Crippen LogP contribution >= 0.6 is 0 Å². The van der Waals surface area contributed by atoms with E-state index in [2.05, 4.69) is 52.0 Å². The van der Waals surface area contributed by atoms with Gasteiger partial charge in [0, 0.05) is 5.54 Å². The standard InChI is InChI=1S/C18H29N/c1-5-7-15-8-6-9-16(10-15)18(19)12-14(2)11-17(3,4)13-18/h6,8-10,14H,5,7,11-13,19H2,1-4H3. The van der Waals surface area contributed by atoms with Gasteiger partial charge in [-0.1, -0.05) is 58.4 Å². The van der Waals surface area contributed by atoms with Crippen LogP contribution in [0.15, 0.2) is 24.3 Å². The zero-order valence-electron chi connectivity index (χ0n) is 13.0. The lowest BCUT2D eigenvalue weighted by atomic mass is 9.62. The van der Waals surface area contributed by atoms with Crippen LogP contribution < -0.4 is 5.73 Å². The van der Waals surface area contributed by atoms with Gasteiger partial charge in [-0.25, -0.2) is 0 Å². The van der Waals surface area contributed by atoms with E-state index in [1.54, 1.807) is 0 Å². The van der Waals surface area contributed by atoms with Gasteiger partial charge < -0.3 is 5.73 Å². The molecule has 1 aromatic rings. The molecule has 19 heavy (non-hydrogen) atoms. The Balaban J connectivity index is 2.30. The summed E-state index contributed by atoms with van der Waals surface area (Å²) < 4.78 is 0. The van der Waals surface area contributed by atoms with Gasteiger partial charge in [-0.3, -0.25) is 0 Å². The van der Waals surface area contributed by atoms with Gasteiger partial charge in [-0.2, -0.15) is 0 Å². The Bertz CT molecular complexity index is 435. The summed E-state index contributed by atoms with van der Waals surface area (Å²) in [5, 5.41) is 0. The highest BCUT2D eigenvalue weighted by molar-refractivity contribution is 5.30. The molecule has 2 N–H and O–H groups in total. The molecule has 1 aliphatic rings. The highest BCUT2D eigenvalue weighted by Gasteiger charge is 2.41. The molecule has 1 heteroatoms. The fourth-order valence-electron chi connectivity index (χ4n) is 4.18. The average Bonchev–Trinajstić information content (AvgIpc) is 2.26. The maximum Gasteiger partial charge on any atom is 0.0417 e. The molecule has 0 aliphatic heterocycles. The molecule has 0 saturated heterocycles. The SMILES string of the molecule is CCCc1cccc(C2(N)CC(C)CC(C)(C)C2)c1. The number of hydrogen-bond acceptors (Lipinski definition) is 1. The third-order valence-corrected chi connectivity index (χ3v) is 4.45. The molecule has 1 saturated carbocycles. The van der Waals surface area contributed by atoms with Crippen molar-refractivity contribution < 1.29 is 0 Å². The van der Waals surface area contributed by atoms with E-state index in [-0.39, 0.29) is 5.54 Å². The van der Waals surface area contributed by atoms with Crippen molar-refractivity contribution in [2.45, 2.75) is 65.3 Å². The predicted molar refractivity (Wildman–Crippen MR) is 83.1 cm³/mol. The third-order valence-electron chi connectivity index (χ3n) is 4.45. The lowest BCUT2D eigenvalue weighted by Gasteiger charge is -2.46. The second-order valence-electron chi connectivity index (χ2n) is 7.46. The molecule has 106 valence electrons. The van der Waals surface area contributed by atoms with Gasteiger partial charge in [0.15, 0.2) is 0 Å². The minimum absolute atomic E-state index is 0.134. The van der Waals surface area contributed by atoms with E-state index in [0.29, 0.717) is 11.3 Å². The molecular weight excluding hydrogens is 230 g/mol. The summed E-state index contributed by atoms with van der Waals surface area (Å²) in [6.07, 6.45) is 5.86. The molecule has 1 aliphatic carbocycles. The van der Waals surface area contributed by atoms with Crippen molar-refractivity contribution in [3.05, 3.63) is 35.4 Å². The zero-order chi connectivity index (χ0) is 14.1. The molecule has 1 fully saturated rings. The first kappa shape index (κ1) is 14.6. The monoisotopic (exact) mass is 259 g/mol. The van der Waals surface area contributed by atoms with E-state index in [0.717, 1.165) is 19.3 Å². The third kappa shape index (κ3) is 3.39. The Labute approximate surface area is 118 Å². The number of hydrogen-bond donors (Lipinski definition) is 1. The van der Waals surface area contributed by atoms with Gasteiger partial charge in [0.1, 0.15) is 0 Å². The maximum atomic E-state index is 6.81. The molecule has 0 aromatic heterocycles. The lowest BCUT2D eigenvalue weighted by Crippen LogP contribution is -2.46. The average molecular weight is 259 g/mol. The normalized spacial score (nSPS) is 30.3. The summed E-state index contributed by atoms with van der Waals surface area (Å²) in [7, 11) is 0. The van der Waals surface area contributed by atoms with Gasteiger partial charge in [0.05, 0.1) is 0 Å². The number of rotatable bonds is 3. The van der Waals surface area contributed by atoms with Gasteiger partial charge in [0.2, 0.25) is 0 Å². The summed E-state index contributed by atoms with van der Waals surface area (Å²) in [5.74, 6) is 0.712. The fourth-order valence-corrected chi connectivity index (χ4v) is 4.18. The molecule has 2 unspecified atom stereocenters. The summed E-state index contributed by atoms with van der Waals surface area (Å²) in [4.78, 5) is 0. The molecule has 0 amide bonds. The maximum absolute atomic E-state index is 6.81. The Kier molecular flexibility index (Phi) is 4.06. The Hall–Kier alpha value is -0.820. The van der Waals surface area contributed by atoms with Gasteiger partial charge in [-0.15, -0.1) is 0 Å². The molecule has 2 rings (SSSR count). The van der Waals surface area contributed by atoms with Crippen LogP contribution in [0, 0.1) is 11.3 Å². The first-order valence-corrected chi connectivity index (χ1v) is 7.73. The van der Waals surface area contributed by atoms with Crippen LogP contribution in [0.5, 0.6) is 0 Å². The Morgan fingerprint density at radius 3 is 2.63 bits per heavy atom. The Morgan fingerprint density at radius 2 is 2.00 bits per heavy atom. The summed E-state index contributed by atoms with van der Waals surface area (Å²) >= 11 is 0. The highest BCUT2D eigenvalue weighted by atomic mass is 14.8. The van der Waals surface area contributed by atoms with E-state index in [9.17, 15) is 0 Å². The quantitative estimate of drug-likeness (QED) is 0.841. The minimum atomic E-state index is -0.134. The zero-order valence-corrected chi connectivity index (χ0v) is 13.0. The molecule has 1 nitrogen and oxygen atoms in total. The smallest absolute Gasteiger partial charge is 0.0417 e. The van der Waals surface area contributed by atoms with Crippen LogP contribution in [0.3, 0.4) is 0 Å². The molecule has 0 heterocycles. The van der Waals surface area contributed by atoms with Crippen LogP contribution in [0.2, 0.25) is 0 Å². The van der Waals surface area contributed by atoms with Crippen molar-refractivity contribution in [2.24, 2.45) is 17.1 Å². The second-order valence-corrected chi connectivity index (χ2v) is 7.46. The highest BCUT2D eigenvalue weighted by Crippen LogP contribution is 2.47. The molecule has 0 spiro atoms. The summed E-state index contributed by atoms with van der Waals surface area (Å²) in [6, 6.07) is 8.99.